The van der Waals surface area contributed by atoms with E-state index in [-0.39, 0.29) is 0 Å². The third-order valence-corrected chi connectivity index (χ3v) is 3.73. The van der Waals surface area contributed by atoms with E-state index in [9.17, 15) is 0 Å². The van der Waals surface area contributed by atoms with Crippen LogP contribution >= 0.6 is 0 Å². The maximum absolute atomic E-state index is 4.20. The Morgan fingerprint density at radius 3 is 1.60 bits per heavy atom. The molecule has 0 unspecified atom stereocenters. The highest BCUT2D eigenvalue weighted by Gasteiger charge is 2.73. The van der Waals surface area contributed by atoms with Crippen LogP contribution in [0.2, 0.25) is 0 Å². The van der Waals surface area contributed by atoms with E-state index >= 15 is 0 Å². The fourth-order valence-electron chi connectivity index (χ4n) is 2.79. The molecule has 0 aromatic heterocycles. The van der Waals surface area contributed by atoms with Crippen LogP contribution in [0.25, 0.3) is 0 Å². The summed E-state index contributed by atoms with van der Waals surface area (Å²) in [6.07, 6.45) is 4.18. The van der Waals surface area contributed by atoms with Gasteiger partial charge < -0.3 is 5.73 Å². The average molecular weight is 140 g/mol. The van der Waals surface area contributed by atoms with Crippen LogP contribution in [0.1, 0.15) is 40.0 Å². The predicted molar refractivity (Wildman–Crippen MR) is 41.4 cm³/mol. The zero-order chi connectivity index (χ0) is 7.62. The first-order chi connectivity index (χ1) is 4.37. The van der Waals surface area contributed by atoms with Gasteiger partial charge in [-0.25, -0.2) is 0 Å². The van der Waals surface area contributed by atoms with Gasteiger partial charge in [0.1, 0.15) is 0 Å². The van der Waals surface area contributed by atoms with E-state index < -0.39 is 0 Å². The lowest BCUT2D eigenvalue weighted by Gasteiger charge is -2.71. The monoisotopic (exact) mass is 140 g/mol. The topological polar surface area (TPSA) is 27.6 Å². The van der Waals surface area contributed by atoms with Crippen molar-refractivity contribution in [1.29, 1.82) is 0 Å². The first-order valence-corrected chi connectivity index (χ1v) is 4.22. The zero-order valence-corrected chi connectivity index (χ0v) is 7.33. The summed E-state index contributed by atoms with van der Waals surface area (Å²) in [4.78, 5) is 0. The Kier molecular flexibility index (Phi) is 0.860. The fourth-order valence-corrected chi connectivity index (χ4v) is 2.79. The Balaban J connectivity index is 2.11. The van der Waals surface area contributed by atoms with E-state index in [1.807, 2.05) is 0 Å². The van der Waals surface area contributed by atoms with Crippen molar-refractivity contribution >= 4 is 0 Å². The molecule has 0 radical (unpaired) electrons. The highest BCUT2D eigenvalue weighted by molar-refractivity contribution is 5.21. The van der Waals surface area contributed by atoms with Gasteiger partial charge in [-0.1, -0.05) is 20.8 Å². The average Bonchev–Trinajstić information content (AvgIpc) is 1.51. The minimum atomic E-state index is 0.534. The van der Waals surface area contributed by atoms with E-state index in [0.29, 0.717) is 16.4 Å². The minimum Gasteiger partial charge on any atom is -0.353 e. The Labute approximate surface area is 63.0 Å². The molecule has 58 valence electrons. The van der Waals surface area contributed by atoms with Crippen molar-refractivity contribution in [1.82, 2.24) is 0 Å². The molecule has 10 heavy (non-hydrogen) atoms. The van der Waals surface area contributed by atoms with Gasteiger partial charge in [0.25, 0.3) is 0 Å². The van der Waals surface area contributed by atoms with Gasteiger partial charge in [0.2, 0.25) is 0 Å². The lowest BCUT2D eigenvalue weighted by Crippen LogP contribution is -2.91. The molecule has 0 aliphatic heterocycles. The summed E-state index contributed by atoms with van der Waals surface area (Å²) < 4.78 is 0. The summed E-state index contributed by atoms with van der Waals surface area (Å²) >= 11 is 0. The smallest absolute Gasteiger partial charge is 0.0962 e. The molecule has 0 atom stereocenters. The number of quaternary nitrogens is 1. The second-order valence-corrected chi connectivity index (χ2v) is 5.56. The van der Waals surface area contributed by atoms with Gasteiger partial charge in [-0.05, 0) is 10.8 Å². The highest BCUT2D eigenvalue weighted by Crippen LogP contribution is 2.71. The number of rotatable bonds is 0. The van der Waals surface area contributed by atoms with Gasteiger partial charge in [-0.15, -0.1) is 0 Å². The molecular formula is C9H18N+. The van der Waals surface area contributed by atoms with Crippen molar-refractivity contribution < 1.29 is 5.73 Å². The first-order valence-electron chi connectivity index (χ1n) is 4.22. The Morgan fingerprint density at radius 1 is 1.10 bits per heavy atom. The molecule has 3 aliphatic rings. The third kappa shape index (κ3) is 0.531. The molecule has 2 bridgehead atoms. The van der Waals surface area contributed by atoms with Gasteiger partial charge in [-0.3, -0.25) is 0 Å². The zero-order valence-electron chi connectivity index (χ0n) is 7.33. The second kappa shape index (κ2) is 1.29. The molecule has 3 aliphatic carbocycles. The second-order valence-electron chi connectivity index (χ2n) is 5.56. The lowest BCUT2D eigenvalue weighted by molar-refractivity contribution is -0.578. The standard InChI is InChI=1S/C9H17N/c1-7(2,3)8-4-9(10,5-8)6-8/h4-6,10H2,1-3H3/p+1. The Morgan fingerprint density at radius 2 is 1.50 bits per heavy atom. The van der Waals surface area contributed by atoms with E-state index in [4.69, 9.17) is 0 Å². The van der Waals surface area contributed by atoms with Crippen molar-refractivity contribution in [3.05, 3.63) is 0 Å². The van der Waals surface area contributed by atoms with Crippen LogP contribution in [-0.4, -0.2) is 5.54 Å². The molecular weight excluding hydrogens is 122 g/mol. The number of hydrogen-bond donors (Lipinski definition) is 1. The molecule has 0 aromatic rings. The van der Waals surface area contributed by atoms with Gasteiger partial charge >= 0.3 is 0 Å². The van der Waals surface area contributed by atoms with Gasteiger partial charge in [-0.2, -0.15) is 0 Å². The molecule has 1 nitrogen and oxygen atoms in total. The Bertz CT molecular complexity index is 156. The maximum atomic E-state index is 4.20. The van der Waals surface area contributed by atoms with Crippen LogP contribution in [0.15, 0.2) is 0 Å². The maximum Gasteiger partial charge on any atom is 0.0962 e. The van der Waals surface area contributed by atoms with Crippen molar-refractivity contribution in [3.8, 4) is 0 Å². The normalized spacial score (nSPS) is 51.6. The van der Waals surface area contributed by atoms with E-state index in [0.717, 1.165) is 0 Å². The highest BCUT2D eigenvalue weighted by atomic mass is 14.9. The van der Waals surface area contributed by atoms with Crippen LogP contribution in [0.4, 0.5) is 0 Å². The predicted octanol–water partition coefficient (Wildman–Crippen LogP) is 1.20. The molecule has 3 rings (SSSR count). The van der Waals surface area contributed by atoms with Crippen molar-refractivity contribution in [2.45, 2.75) is 45.6 Å². The van der Waals surface area contributed by atoms with E-state index in [1.165, 1.54) is 19.3 Å². The quantitative estimate of drug-likeness (QED) is 0.523. The molecule has 0 amide bonds. The summed E-state index contributed by atoms with van der Waals surface area (Å²) in [6.45, 7) is 7.10. The van der Waals surface area contributed by atoms with Crippen molar-refractivity contribution in [3.63, 3.8) is 0 Å². The SMILES string of the molecule is CC(C)(C)C12CC([NH3+])(C1)C2. The Hall–Kier alpha value is -0.0400. The minimum absolute atomic E-state index is 0.534. The molecule has 0 aromatic carbocycles. The van der Waals surface area contributed by atoms with Crippen LogP contribution in [0.3, 0.4) is 0 Å². The molecule has 0 spiro atoms. The lowest BCUT2D eigenvalue weighted by atomic mass is 9.33. The van der Waals surface area contributed by atoms with Crippen LogP contribution < -0.4 is 5.73 Å². The number of hydrogen-bond acceptors (Lipinski definition) is 0. The molecule has 3 fully saturated rings. The van der Waals surface area contributed by atoms with Crippen molar-refractivity contribution in [2.24, 2.45) is 10.8 Å². The summed E-state index contributed by atoms with van der Waals surface area (Å²) in [6, 6.07) is 0. The van der Waals surface area contributed by atoms with E-state index in [1.54, 1.807) is 0 Å². The fraction of sp³-hybridized carbons (Fsp3) is 1.00. The summed E-state index contributed by atoms with van der Waals surface area (Å²) in [5.41, 5.74) is 5.97. The molecule has 1 heteroatoms. The van der Waals surface area contributed by atoms with Gasteiger partial charge in [0.05, 0.1) is 5.54 Å². The van der Waals surface area contributed by atoms with Crippen LogP contribution in [0.5, 0.6) is 0 Å². The van der Waals surface area contributed by atoms with Crippen molar-refractivity contribution in [2.75, 3.05) is 0 Å². The molecule has 0 saturated heterocycles. The summed E-state index contributed by atoms with van der Waals surface area (Å²) in [5, 5.41) is 0. The van der Waals surface area contributed by atoms with E-state index in [2.05, 4.69) is 26.5 Å². The van der Waals surface area contributed by atoms with Gasteiger partial charge in [0.15, 0.2) is 0 Å². The van der Waals surface area contributed by atoms with Crippen LogP contribution in [0, 0.1) is 10.8 Å². The summed E-state index contributed by atoms with van der Waals surface area (Å²) in [5.74, 6) is 0. The summed E-state index contributed by atoms with van der Waals surface area (Å²) in [7, 11) is 0. The molecule has 0 heterocycles. The largest absolute Gasteiger partial charge is 0.353 e. The molecule has 3 saturated carbocycles. The molecule has 3 N–H and O–H groups in total. The first kappa shape index (κ1) is 6.66. The van der Waals surface area contributed by atoms with Crippen LogP contribution in [-0.2, 0) is 0 Å². The van der Waals surface area contributed by atoms with Gasteiger partial charge in [0, 0.05) is 19.3 Å². The third-order valence-electron chi connectivity index (χ3n) is 3.73.